The normalized spacial score (nSPS) is 16.2. The molecule has 3 aromatic carbocycles. The Morgan fingerprint density at radius 3 is 2.07 bits per heavy atom. The third-order valence-electron chi connectivity index (χ3n) is 9.55. The summed E-state index contributed by atoms with van der Waals surface area (Å²) in [5, 5.41) is 31.2. The molecule has 0 spiro atoms. The van der Waals surface area contributed by atoms with Gasteiger partial charge in [-0.05, 0) is 74.4 Å². The zero-order chi connectivity index (χ0) is 43.2. The average molecular weight is 838 g/mol. The molecule has 0 aliphatic heterocycles. The van der Waals surface area contributed by atoms with E-state index in [0.717, 1.165) is 22.3 Å². The zero-order valence-corrected chi connectivity index (χ0v) is 35.3. The fraction of sp³-hybridized carbons (Fsp3) is 0.533. The summed E-state index contributed by atoms with van der Waals surface area (Å²) in [5.41, 5.74) is 2.77. The van der Waals surface area contributed by atoms with Crippen molar-refractivity contribution in [2.24, 2.45) is 5.92 Å². The van der Waals surface area contributed by atoms with Gasteiger partial charge in [0.05, 0.1) is 70.5 Å². The number of methoxy groups -OCH3 is 1. The maximum absolute atomic E-state index is 14.1. The van der Waals surface area contributed by atoms with Gasteiger partial charge in [-0.15, -0.1) is 0 Å². The number of amides is 3. The summed E-state index contributed by atoms with van der Waals surface area (Å²) in [7, 11) is 1.62. The van der Waals surface area contributed by atoms with Crippen LogP contribution in [0.5, 0.6) is 5.75 Å². The van der Waals surface area contributed by atoms with Gasteiger partial charge in [0.2, 0.25) is 5.91 Å². The first kappa shape index (κ1) is 47.9. The molecule has 15 nitrogen and oxygen atoms in total. The van der Waals surface area contributed by atoms with Crippen LogP contribution in [0.3, 0.4) is 0 Å². The van der Waals surface area contributed by atoms with Crippen molar-refractivity contribution in [3.8, 4) is 5.75 Å². The molecule has 3 aromatic rings. The number of nitrogens with one attached hydrogen (secondary N) is 3. The molecule has 0 saturated carbocycles. The lowest BCUT2D eigenvalue weighted by Crippen LogP contribution is -2.48. The number of carbonyl (C=O) groups is 3. The third-order valence-corrected chi connectivity index (χ3v) is 9.55. The van der Waals surface area contributed by atoms with Gasteiger partial charge in [-0.25, -0.2) is 9.59 Å². The first-order chi connectivity index (χ1) is 28.9. The molecule has 5 N–H and O–H groups in total. The molecule has 330 valence electrons. The van der Waals surface area contributed by atoms with Crippen LogP contribution in [-0.4, -0.2) is 125 Å². The van der Waals surface area contributed by atoms with Crippen molar-refractivity contribution in [2.75, 3.05) is 73.1 Å². The second-order valence-corrected chi connectivity index (χ2v) is 15.5. The van der Waals surface area contributed by atoms with Crippen LogP contribution in [0.25, 0.3) is 0 Å². The number of hydrogen-bond acceptors (Lipinski definition) is 12. The van der Waals surface area contributed by atoms with Crippen molar-refractivity contribution in [3.63, 3.8) is 0 Å². The van der Waals surface area contributed by atoms with Crippen LogP contribution in [0.15, 0.2) is 78.9 Å². The van der Waals surface area contributed by atoms with E-state index < -0.39 is 48.0 Å². The molecule has 0 aromatic heterocycles. The van der Waals surface area contributed by atoms with Crippen LogP contribution < -0.4 is 20.7 Å². The van der Waals surface area contributed by atoms with Gasteiger partial charge in [-0.1, -0.05) is 66.7 Å². The first-order valence-corrected chi connectivity index (χ1v) is 20.5. The first-order valence-electron chi connectivity index (χ1n) is 20.5. The SMILES string of the molecule is COCCOCCOCCOCCNC(=O)OCCOc1ccc(CC(CC(O)C(Cc2ccccc2)NC(=O)OC(C)(C)C)C(=O)N[C@H]2c3ccccc3C[C@@H]2O)cc1. The Kier molecular flexibility index (Phi) is 20.6. The molecule has 5 atom stereocenters. The van der Waals surface area contributed by atoms with Gasteiger partial charge >= 0.3 is 12.2 Å². The van der Waals surface area contributed by atoms with Crippen LogP contribution in [-0.2, 0) is 52.5 Å². The molecular formula is C45H63N3O12. The molecular weight excluding hydrogens is 775 g/mol. The van der Waals surface area contributed by atoms with E-state index in [0.29, 0.717) is 64.8 Å². The zero-order valence-electron chi connectivity index (χ0n) is 35.3. The summed E-state index contributed by atoms with van der Waals surface area (Å²) in [6.45, 7) is 8.83. The quantitative estimate of drug-likeness (QED) is 0.0722. The monoisotopic (exact) mass is 837 g/mol. The highest BCUT2D eigenvalue weighted by Crippen LogP contribution is 2.32. The lowest BCUT2D eigenvalue weighted by atomic mass is 9.88. The van der Waals surface area contributed by atoms with Crippen LogP contribution in [0.1, 0.15) is 55.5 Å². The maximum atomic E-state index is 14.1. The Morgan fingerprint density at radius 2 is 1.38 bits per heavy atom. The molecule has 60 heavy (non-hydrogen) atoms. The van der Waals surface area contributed by atoms with Gasteiger partial charge < -0.3 is 59.3 Å². The lowest BCUT2D eigenvalue weighted by Gasteiger charge is -2.29. The number of ether oxygens (including phenoxy) is 7. The highest BCUT2D eigenvalue weighted by molar-refractivity contribution is 5.80. The van der Waals surface area contributed by atoms with Crippen molar-refractivity contribution in [3.05, 3.63) is 101 Å². The fourth-order valence-electron chi connectivity index (χ4n) is 6.63. The van der Waals surface area contributed by atoms with Gasteiger partial charge in [-0.3, -0.25) is 4.79 Å². The predicted octanol–water partition coefficient (Wildman–Crippen LogP) is 4.31. The van der Waals surface area contributed by atoms with E-state index in [-0.39, 0.29) is 38.5 Å². The van der Waals surface area contributed by atoms with Crippen molar-refractivity contribution < 1.29 is 57.8 Å². The number of benzene rings is 3. The second kappa shape index (κ2) is 25.8. The van der Waals surface area contributed by atoms with Gasteiger partial charge in [0, 0.05) is 26.0 Å². The smallest absolute Gasteiger partial charge is 0.407 e. The molecule has 0 saturated heterocycles. The highest BCUT2D eigenvalue weighted by atomic mass is 16.6. The summed E-state index contributed by atoms with van der Waals surface area (Å²) in [6, 6.07) is 22.9. The molecule has 0 heterocycles. The molecule has 3 unspecified atom stereocenters. The Morgan fingerprint density at radius 1 is 0.750 bits per heavy atom. The van der Waals surface area contributed by atoms with Crippen molar-refractivity contribution in [2.45, 2.75) is 76.3 Å². The minimum absolute atomic E-state index is 0.00759. The lowest BCUT2D eigenvalue weighted by molar-refractivity contribution is -0.127. The van der Waals surface area contributed by atoms with Crippen LogP contribution in [0.2, 0.25) is 0 Å². The molecule has 4 rings (SSSR count). The number of aliphatic hydroxyl groups is 2. The molecule has 3 amide bonds. The summed E-state index contributed by atoms with van der Waals surface area (Å²) in [5.74, 6) is -0.541. The third kappa shape index (κ3) is 17.8. The molecule has 0 radical (unpaired) electrons. The minimum Gasteiger partial charge on any atom is -0.490 e. The van der Waals surface area contributed by atoms with E-state index in [2.05, 4.69) is 16.0 Å². The Bertz CT molecular complexity index is 1710. The standard InChI is InChI=1S/C45H63N3O12/c1-45(2,3)60-44(53)47-38(29-32-10-6-5-7-11-32)39(49)31-35(42(51)48-41-37-13-9-8-12-34(37)30-40(41)50)28-33-14-16-36(17-15-33)58-26-27-59-43(52)46-18-19-55-22-23-57-25-24-56-21-20-54-4/h5-17,35,38-41,49-50H,18-31H2,1-4H3,(H,46,52)(H,47,53)(H,48,51)/t35?,38?,39?,40-,41-/m0/s1. The van der Waals surface area contributed by atoms with E-state index in [1.807, 2.05) is 66.7 Å². The van der Waals surface area contributed by atoms with Gasteiger partial charge in [0.15, 0.2) is 0 Å². The molecule has 1 aliphatic carbocycles. The summed E-state index contributed by atoms with van der Waals surface area (Å²) >= 11 is 0. The van der Waals surface area contributed by atoms with E-state index in [4.69, 9.17) is 33.2 Å². The number of fused-ring (bicyclic) bond motifs is 1. The van der Waals surface area contributed by atoms with Gasteiger partial charge in [0.25, 0.3) is 0 Å². The molecule has 15 heteroatoms. The van der Waals surface area contributed by atoms with Gasteiger partial charge in [0.1, 0.15) is 24.6 Å². The van der Waals surface area contributed by atoms with Gasteiger partial charge in [-0.2, -0.15) is 0 Å². The van der Waals surface area contributed by atoms with Crippen molar-refractivity contribution in [1.82, 2.24) is 16.0 Å². The maximum Gasteiger partial charge on any atom is 0.407 e. The van der Waals surface area contributed by atoms with E-state index in [1.165, 1.54) is 0 Å². The largest absolute Gasteiger partial charge is 0.490 e. The fourth-order valence-corrected chi connectivity index (χ4v) is 6.63. The van der Waals surface area contributed by atoms with E-state index in [9.17, 15) is 24.6 Å². The summed E-state index contributed by atoms with van der Waals surface area (Å²) in [4.78, 5) is 39.1. The number of hydrogen-bond donors (Lipinski definition) is 5. The summed E-state index contributed by atoms with van der Waals surface area (Å²) in [6.07, 6.45) is -2.21. The highest BCUT2D eigenvalue weighted by Gasteiger charge is 2.35. The van der Waals surface area contributed by atoms with Crippen molar-refractivity contribution in [1.29, 1.82) is 0 Å². The topological polar surface area (TPSA) is 192 Å². The Labute approximate surface area is 353 Å². The Balaban J connectivity index is 1.29. The molecule has 0 fully saturated rings. The molecule has 1 aliphatic rings. The van der Waals surface area contributed by atoms with Crippen LogP contribution >= 0.6 is 0 Å². The second-order valence-electron chi connectivity index (χ2n) is 15.5. The van der Waals surface area contributed by atoms with E-state index in [1.54, 1.807) is 40.0 Å². The number of rotatable bonds is 26. The molecule has 0 bridgehead atoms. The predicted molar refractivity (Wildman–Crippen MR) is 224 cm³/mol. The average Bonchev–Trinajstić information content (AvgIpc) is 3.53. The van der Waals surface area contributed by atoms with E-state index >= 15 is 0 Å². The summed E-state index contributed by atoms with van der Waals surface area (Å²) < 4.78 is 37.6. The number of aliphatic hydroxyl groups excluding tert-OH is 2. The Hall–Kier alpha value is -4.77. The van der Waals surface area contributed by atoms with Crippen LogP contribution in [0.4, 0.5) is 9.59 Å². The number of carbonyl (C=O) groups excluding carboxylic acids is 3. The van der Waals surface area contributed by atoms with Crippen molar-refractivity contribution >= 4 is 18.1 Å². The van der Waals surface area contributed by atoms with Crippen LogP contribution in [0, 0.1) is 5.92 Å². The number of alkyl carbamates (subject to hydrolysis) is 2. The minimum atomic E-state index is -1.14.